The van der Waals surface area contributed by atoms with E-state index in [1.807, 2.05) is 0 Å². The number of carboxylic acids is 1. The van der Waals surface area contributed by atoms with Gasteiger partial charge in [-0.05, 0) is 13.8 Å². The summed E-state index contributed by atoms with van der Waals surface area (Å²) in [6.07, 6.45) is 0.959. The van der Waals surface area contributed by atoms with Crippen LogP contribution in [0.15, 0.2) is 6.20 Å². The molecule has 0 fully saturated rings. The maximum Gasteiger partial charge on any atom is 0.306 e. The molecule has 1 aromatic heterocycles. The molecule has 0 saturated heterocycles. The number of nitrogens with one attached hydrogen (secondary N) is 1. The van der Waals surface area contributed by atoms with Crippen LogP contribution in [-0.4, -0.2) is 46.0 Å². The SMILES string of the molecule is CCOC(CNC(=O)c1cn(C)nc1C)CC(=O)O. The zero-order valence-electron chi connectivity index (χ0n) is 11.3. The number of ether oxygens (including phenoxy) is 1. The molecule has 7 heteroatoms. The maximum atomic E-state index is 11.9. The Kier molecular flexibility index (Phi) is 5.50. The van der Waals surface area contributed by atoms with Crippen molar-refractivity contribution in [3.05, 3.63) is 17.5 Å². The molecule has 0 aliphatic heterocycles. The number of carboxylic acid groups (broad SMARTS) is 1. The molecule has 1 heterocycles. The summed E-state index contributed by atoms with van der Waals surface area (Å²) in [6, 6.07) is 0. The third-order valence-electron chi connectivity index (χ3n) is 2.55. The van der Waals surface area contributed by atoms with Crippen LogP contribution in [0.2, 0.25) is 0 Å². The summed E-state index contributed by atoms with van der Waals surface area (Å²) < 4.78 is 6.82. The molecule has 0 aliphatic carbocycles. The lowest BCUT2D eigenvalue weighted by atomic mass is 10.2. The van der Waals surface area contributed by atoms with E-state index in [9.17, 15) is 9.59 Å². The highest BCUT2D eigenvalue weighted by Crippen LogP contribution is 2.05. The minimum absolute atomic E-state index is 0.139. The van der Waals surface area contributed by atoms with Gasteiger partial charge in [0.2, 0.25) is 0 Å². The largest absolute Gasteiger partial charge is 0.481 e. The summed E-state index contributed by atoms with van der Waals surface area (Å²) in [4.78, 5) is 22.6. The van der Waals surface area contributed by atoms with Gasteiger partial charge in [-0.15, -0.1) is 0 Å². The predicted octanol–water partition coefficient (Wildman–Crippen LogP) is 0.338. The Labute approximate surface area is 111 Å². The Hall–Kier alpha value is -1.89. The first-order valence-corrected chi connectivity index (χ1v) is 6.05. The van der Waals surface area contributed by atoms with Crippen LogP contribution in [-0.2, 0) is 16.6 Å². The van der Waals surface area contributed by atoms with Gasteiger partial charge in [0.15, 0.2) is 0 Å². The van der Waals surface area contributed by atoms with Crippen LogP contribution in [0.4, 0.5) is 0 Å². The summed E-state index contributed by atoms with van der Waals surface area (Å²) in [6.45, 7) is 4.08. The van der Waals surface area contributed by atoms with E-state index >= 15 is 0 Å². The fourth-order valence-electron chi connectivity index (χ4n) is 1.74. The molecule has 1 rings (SSSR count). The molecule has 0 spiro atoms. The number of aromatic nitrogens is 2. The number of hydrogen-bond donors (Lipinski definition) is 2. The predicted molar refractivity (Wildman–Crippen MR) is 67.9 cm³/mol. The summed E-state index contributed by atoms with van der Waals surface area (Å²) in [5, 5.41) is 15.5. The van der Waals surface area contributed by atoms with Crippen molar-refractivity contribution in [3.8, 4) is 0 Å². The van der Waals surface area contributed by atoms with Crippen LogP contribution in [0, 0.1) is 6.92 Å². The first-order chi connectivity index (χ1) is 8.93. The maximum absolute atomic E-state index is 11.9. The monoisotopic (exact) mass is 269 g/mol. The Bertz CT molecular complexity index is 456. The Morgan fingerprint density at radius 3 is 2.74 bits per heavy atom. The van der Waals surface area contributed by atoms with Gasteiger partial charge < -0.3 is 15.2 Å². The minimum atomic E-state index is -0.953. The first-order valence-electron chi connectivity index (χ1n) is 6.05. The number of nitrogens with zero attached hydrogens (tertiary/aromatic N) is 2. The van der Waals surface area contributed by atoms with E-state index in [2.05, 4.69) is 10.4 Å². The fraction of sp³-hybridized carbons (Fsp3) is 0.583. The van der Waals surface area contributed by atoms with Crippen LogP contribution in [0.3, 0.4) is 0 Å². The molecule has 1 unspecified atom stereocenters. The van der Waals surface area contributed by atoms with Crippen molar-refractivity contribution >= 4 is 11.9 Å². The molecule has 0 bridgehead atoms. The highest BCUT2D eigenvalue weighted by Gasteiger charge is 2.17. The van der Waals surface area contributed by atoms with E-state index in [0.717, 1.165) is 0 Å². The molecule has 2 N–H and O–H groups in total. The van der Waals surface area contributed by atoms with Crippen molar-refractivity contribution in [2.45, 2.75) is 26.4 Å². The van der Waals surface area contributed by atoms with E-state index in [4.69, 9.17) is 9.84 Å². The lowest BCUT2D eigenvalue weighted by molar-refractivity contribution is -0.140. The first kappa shape index (κ1) is 15.2. The van der Waals surface area contributed by atoms with E-state index in [0.29, 0.717) is 17.9 Å². The normalized spacial score (nSPS) is 12.2. The average molecular weight is 269 g/mol. The summed E-state index contributed by atoms with van der Waals surface area (Å²) in [7, 11) is 1.73. The zero-order valence-corrected chi connectivity index (χ0v) is 11.3. The summed E-state index contributed by atoms with van der Waals surface area (Å²) in [5.41, 5.74) is 1.11. The number of carbonyl (C=O) groups is 2. The Morgan fingerprint density at radius 2 is 2.26 bits per heavy atom. The number of hydrogen-bond acceptors (Lipinski definition) is 4. The van der Waals surface area contributed by atoms with Gasteiger partial charge in [-0.2, -0.15) is 5.10 Å². The van der Waals surface area contributed by atoms with Gasteiger partial charge >= 0.3 is 5.97 Å². The quantitative estimate of drug-likeness (QED) is 0.744. The zero-order chi connectivity index (χ0) is 14.4. The molecule has 0 saturated carbocycles. The fourth-order valence-corrected chi connectivity index (χ4v) is 1.74. The molecule has 106 valence electrons. The van der Waals surface area contributed by atoms with Crippen LogP contribution < -0.4 is 5.32 Å². The second-order valence-electron chi connectivity index (χ2n) is 4.19. The van der Waals surface area contributed by atoms with E-state index in [1.165, 1.54) is 0 Å². The standard InChI is InChI=1S/C12H19N3O4/c1-4-19-9(5-11(16)17)6-13-12(18)10-7-15(3)14-8(10)2/h7,9H,4-6H2,1-3H3,(H,13,18)(H,16,17). The third kappa shape index (κ3) is 4.70. The molecule has 19 heavy (non-hydrogen) atoms. The van der Waals surface area contributed by atoms with Crippen LogP contribution in [0.5, 0.6) is 0 Å². The van der Waals surface area contributed by atoms with Crippen molar-refractivity contribution in [2.75, 3.05) is 13.2 Å². The Balaban J connectivity index is 2.56. The van der Waals surface area contributed by atoms with Crippen molar-refractivity contribution in [2.24, 2.45) is 7.05 Å². The van der Waals surface area contributed by atoms with Gasteiger partial charge in [-0.25, -0.2) is 0 Å². The second-order valence-corrected chi connectivity index (χ2v) is 4.19. The Morgan fingerprint density at radius 1 is 1.58 bits per heavy atom. The van der Waals surface area contributed by atoms with Crippen molar-refractivity contribution in [1.29, 1.82) is 0 Å². The van der Waals surface area contributed by atoms with Gasteiger partial charge in [0.1, 0.15) is 0 Å². The molecule has 1 atom stereocenters. The van der Waals surface area contributed by atoms with Gasteiger partial charge in [0, 0.05) is 26.4 Å². The average Bonchev–Trinajstić information content (AvgIpc) is 2.64. The van der Waals surface area contributed by atoms with E-state index < -0.39 is 12.1 Å². The third-order valence-corrected chi connectivity index (χ3v) is 2.55. The van der Waals surface area contributed by atoms with Crippen molar-refractivity contribution in [3.63, 3.8) is 0 Å². The smallest absolute Gasteiger partial charge is 0.306 e. The van der Waals surface area contributed by atoms with Crippen LogP contribution in [0.25, 0.3) is 0 Å². The number of carbonyl (C=O) groups excluding carboxylic acids is 1. The molecular weight excluding hydrogens is 250 g/mol. The summed E-state index contributed by atoms with van der Waals surface area (Å²) in [5.74, 6) is -1.23. The number of aliphatic carboxylic acids is 1. The number of aryl methyl sites for hydroxylation is 2. The van der Waals surface area contributed by atoms with Crippen LogP contribution in [0.1, 0.15) is 29.4 Å². The van der Waals surface area contributed by atoms with Gasteiger partial charge in [0.05, 0.1) is 23.8 Å². The van der Waals surface area contributed by atoms with Crippen molar-refractivity contribution in [1.82, 2.24) is 15.1 Å². The lowest BCUT2D eigenvalue weighted by Crippen LogP contribution is -2.35. The molecular formula is C12H19N3O4. The van der Waals surface area contributed by atoms with E-state index in [-0.39, 0.29) is 18.9 Å². The minimum Gasteiger partial charge on any atom is -0.481 e. The van der Waals surface area contributed by atoms with Gasteiger partial charge in [-0.1, -0.05) is 0 Å². The highest BCUT2D eigenvalue weighted by molar-refractivity contribution is 5.95. The second kappa shape index (κ2) is 6.89. The van der Waals surface area contributed by atoms with E-state index in [1.54, 1.807) is 31.8 Å². The topological polar surface area (TPSA) is 93.5 Å². The summed E-state index contributed by atoms with van der Waals surface area (Å²) >= 11 is 0. The molecule has 0 aliphatic rings. The van der Waals surface area contributed by atoms with Gasteiger partial charge in [0.25, 0.3) is 5.91 Å². The van der Waals surface area contributed by atoms with Gasteiger partial charge in [-0.3, -0.25) is 14.3 Å². The highest BCUT2D eigenvalue weighted by atomic mass is 16.5. The molecule has 7 nitrogen and oxygen atoms in total. The number of rotatable bonds is 7. The van der Waals surface area contributed by atoms with Crippen LogP contribution >= 0.6 is 0 Å². The van der Waals surface area contributed by atoms with Crippen molar-refractivity contribution < 1.29 is 19.4 Å². The molecule has 0 radical (unpaired) electrons. The molecule has 0 aromatic carbocycles. The number of amides is 1. The molecule has 1 aromatic rings. The molecule has 1 amide bonds. The lowest BCUT2D eigenvalue weighted by Gasteiger charge is -2.15.